The van der Waals surface area contributed by atoms with E-state index >= 15 is 0 Å². The van der Waals surface area contributed by atoms with Gasteiger partial charge in [-0.2, -0.15) is 0 Å². The van der Waals surface area contributed by atoms with Crippen molar-refractivity contribution in [2.24, 2.45) is 0 Å². The van der Waals surface area contributed by atoms with Crippen LogP contribution >= 0.6 is 11.6 Å². The first-order valence-electron chi connectivity index (χ1n) is 9.92. The fourth-order valence-electron chi connectivity index (χ4n) is 4.22. The van der Waals surface area contributed by atoms with E-state index in [-0.39, 0.29) is 18.4 Å². The normalized spacial score (nSPS) is 18.3. The van der Waals surface area contributed by atoms with E-state index in [0.29, 0.717) is 31.1 Å². The first-order chi connectivity index (χ1) is 14.1. The van der Waals surface area contributed by atoms with Crippen molar-refractivity contribution in [3.8, 4) is 0 Å². The van der Waals surface area contributed by atoms with E-state index in [9.17, 15) is 9.59 Å². The highest BCUT2D eigenvalue weighted by Gasteiger charge is 2.53. The molecule has 0 radical (unpaired) electrons. The number of anilines is 1. The van der Waals surface area contributed by atoms with Crippen LogP contribution in [0.25, 0.3) is 0 Å². The average Bonchev–Trinajstić information content (AvgIpc) is 2.99. The molecular formula is C22H25ClN4O2. The van der Waals surface area contributed by atoms with Crippen LogP contribution in [0.5, 0.6) is 0 Å². The summed E-state index contributed by atoms with van der Waals surface area (Å²) >= 11 is 6.21. The number of amides is 2. The van der Waals surface area contributed by atoms with Gasteiger partial charge < -0.3 is 20.4 Å². The van der Waals surface area contributed by atoms with Gasteiger partial charge in [-0.05, 0) is 49.7 Å². The molecule has 0 bridgehead atoms. The number of nitrogens with zero attached hydrogens (tertiary/aromatic N) is 2. The second-order valence-electron chi connectivity index (χ2n) is 7.60. The number of nitrogens with one attached hydrogen (secondary N) is 2. The second kappa shape index (κ2) is 8.43. The minimum absolute atomic E-state index is 0.0221. The lowest BCUT2D eigenvalue weighted by molar-refractivity contribution is -0.136. The Morgan fingerprint density at radius 2 is 1.86 bits per heavy atom. The molecule has 6 nitrogen and oxygen atoms in total. The fraction of sp³-hybridized carbons (Fsp3) is 0.364. The van der Waals surface area contributed by atoms with Crippen LogP contribution in [0.3, 0.4) is 0 Å². The van der Waals surface area contributed by atoms with Crippen LogP contribution in [-0.2, 0) is 16.1 Å². The van der Waals surface area contributed by atoms with E-state index in [1.54, 1.807) is 4.90 Å². The Hall–Kier alpha value is -2.57. The highest BCUT2D eigenvalue weighted by Crippen LogP contribution is 2.38. The van der Waals surface area contributed by atoms with Crippen molar-refractivity contribution < 1.29 is 9.59 Å². The van der Waals surface area contributed by atoms with E-state index in [1.165, 1.54) is 0 Å². The molecule has 2 amide bonds. The van der Waals surface area contributed by atoms with Crippen LogP contribution in [0.15, 0.2) is 54.6 Å². The van der Waals surface area contributed by atoms with Crippen molar-refractivity contribution in [3.05, 3.63) is 65.2 Å². The molecule has 0 aliphatic carbocycles. The minimum Gasteiger partial charge on any atom is -0.350 e. The quantitative estimate of drug-likeness (QED) is 0.791. The number of rotatable bonds is 5. The van der Waals surface area contributed by atoms with Crippen molar-refractivity contribution in [3.63, 3.8) is 0 Å². The Balaban J connectivity index is 1.49. The predicted octanol–water partition coefficient (Wildman–Crippen LogP) is 2.38. The maximum absolute atomic E-state index is 13.4. The van der Waals surface area contributed by atoms with Crippen molar-refractivity contribution in [1.29, 1.82) is 0 Å². The summed E-state index contributed by atoms with van der Waals surface area (Å²) in [5, 5.41) is 6.88. The third kappa shape index (κ3) is 4.09. The maximum Gasteiger partial charge on any atom is 0.250 e. The third-order valence-corrected chi connectivity index (χ3v) is 5.97. The SMILES string of the molecule is O=C(CN1CN(c2cccc(Cl)c2)C2(CCNCC2)C1=O)NCc1ccccc1. The van der Waals surface area contributed by atoms with E-state index in [0.717, 1.165) is 24.3 Å². The second-order valence-corrected chi connectivity index (χ2v) is 8.03. The van der Waals surface area contributed by atoms with Crippen molar-refractivity contribution in [2.45, 2.75) is 24.9 Å². The molecule has 0 aromatic heterocycles. The predicted molar refractivity (Wildman–Crippen MR) is 114 cm³/mol. The van der Waals surface area contributed by atoms with Crippen LogP contribution in [0.2, 0.25) is 5.02 Å². The minimum atomic E-state index is -0.615. The Labute approximate surface area is 175 Å². The molecular weight excluding hydrogens is 388 g/mol. The summed E-state index contributed by atoms with van der Waals surface area (Å²) in [7, 11) is 0. The standard InChI is InChI=1S/C22H25ClN4O2/c23-18-7-4-8-19(13-18)27-16-26(21(29)22(27)9-11-24-12-10-22)15-20(28)25-14-17-5-2-1-3-6-17/h1-8,13,24H,9-12,14-16H2,(H,25,28). The molecule has 152 valence electrons. The summed E-state index contributed by atoms with van der Waals surface area (Å²) in [5.41, 5.74) is 1.33. The summed E-state index contributed by atoms with van der Waals surface area (Å²) < 4.78 is 0. The van der Waals surface area contributed by atoms with Crippen LogP contribution in [0, 0.1) is 0 Å². The molecule has 0 saturated carbocycles. The molecule has 1 spiro atoms. The fourth-order valence-corrected chi connectivity index (χ4v) is 4.41. The molecule has 0 atom stereocenters. The number of piperidine rings is 1. The summed E-state index contributed by atoms with van der Waals surface area (Å²) in [6.07, 6.45) is 1.42. The van der Waals surface area contributed by atoms with Gasteiger partial charge in [-0.3, -0.25) is 9.59 Å². The molecule has 2 aliphatic heterocycles. The summed E-state index contributed by atoms with van der Waals surface area (Å²) in [6, 6.07) is 17.3. The lowest BCUT2D eigenvalue weighted by atomic mass is 9.86. The molecule has 29 heavy (non-hydrogen) atoms. The van der Waals surface area contributed by atoms with Gasteiger partial charge >= 0.3 is 0 Å². The maximum atomic E-state index is 13.4. The van der Waals surface area contributed by atoms with Gasteiger partial charge in [-0.25, -0.2) is 0 Å². The van der Waals surface area contributed by atoms with E-state index < -0.39 is 5.54 Å². The van der Waals surface area contributed by atoms with Gasteiger partial charge in [0.2, 0.25) is 11.8 Å². The molecule has 2 aromatic rings. The van der Waals surface area contributed by atoms with Crippen LogP contribution in [0.1, 0.15) is 18.4 Å². The lowest BCUT2D eigenvalue weighted by Gasteiger charge is -2.40. The number of carbonyl (C=O) groups excluding carboxylic acids is 2. The van der Waals surface area contributed by atoms with Crippen LogP contribution in [-0.4, -0.2) is 48.6 Å². The molecule has 4 rings (SSSR count). The number of hydrogen-bond donors (Lipinski definition) is 2. The zero-order chi connectivity index (χ0) is 20.3. The van der Waals surface area contributed by atoms with Gasteiger partial charge in [0, 0.05) is 17.3 Å². The molecule has 2 fully saturated rings. The van der Waals surface area contributed by atoms with Crippen molar-refractivity contribution in [2.75, 3.05) is 31.2 Å². The molecule has 2 heterocycles. The third-order valence-electron chi connectivity index (χ3n) is 5.73. The molecule has 2 N–H and O–H groups in total. The van der Waals surface area contributed by atoms with Gasteiger partial charge in [0.1, 0.15) is 12.1 Å². The topological polar surface area (TPSA) is 64.7 Å². The van der Waals surface area contributed by atoms with Crippen molar-refractivity contribution >= 4 is 29.1 Å². The van der Waals surface area contributed by atoms with E-state index in [4.69, 9.17) is 11.6 Å². The highest BCUT2D eigenvalue weighted by molar-refractivity contribution is 6.30. The number of benzene rings is 2. The van der Waals surface area contributed by atoms with Crippen LogP contribution in [0.4, 0.5) is 5.69 Å². The molecule has 2 aliphatic rings. The summed E-state index contributed by atoms with van der Waals surface area (Å²) in [4.78, 5) is 29.7. The summed E-state index contributed by atoms with van der Waals surface area (Å²) in [6.45, 7) is 2.44. The van der Waals surface area contributed by atoms with Gasteiger partial charge in [-0.15, -0.1) is 0 Å². The lowest BCUT2D eigenvalue weighted by Crippen LogP contribution is -2.55. The Kier molecular flexibility index (Phi) is 5.74. The molecule has 7 heteroatoms. The zero-order valence-electron chi connectivity index (χ0n) is 16.2. The molecule has 2 saturated heterocycles. The van der Waals surface area contributed by atoms with Crippen LogP contribution < -0.4 is 15.5 Å². The summed E-state index contributed by atoms with van der Waals surface area (Å²) in [5.74, 6) is -0.131. The van der Waals surface area contributed by atoms with E-state index in [2.05, 4.69) is 15.5 Å². The Morgan fingerprint density at radius 3 is 2.59 bits per heavy atom. The monoisotopic (exact) mass is 412 g/mol. The Bertz CT molecular complexity index is 883. The number of halogens is 1. The van der Waals surface area contributed by atoms with Crippen molar-refractivity contribution in [1.82, 2.24) is 15.5 Å². The number of hydrogen-bond acceptors (Lipinski definition) is 4. The first-order valence-corrected chi connectivity index (χ1v) is 10.3. The van der Waals surface area contributed by atoms with Gasteiger partial charge in [0.15, 0.2) is 0 Å². The average molecular weight is 413 g/mol. The van der Waals surface area contributed by atoms with Gasteiger partial charge in [0.05, 0.1) is 6.67 Å². The molecule has 2 aromatic carbocycles. The highest BCUT2D eigenvalue weighted by atomic mass is 35.5. The number of carbonyl (C=O) groups is 2. The molecule has 0 unspecified atom stereocenters. The largest absolute Gasteiger partial charge is 0.350 e. The smallest absolute Gasteiger partial charge is 0.250 e. The Morgan fingerprint density at radius 1 is 1.10 bits per heavy atom. The first kappa shape index (κ1) is 19.7. The van der Waals surface area contributed by atoms with E-state index in [1.807, 2.05) is 54.6 Å². The zero-order valence-corrected chi connectivity index (χ0v) is 17.0. The van der Waals surface area contributed by atoms with Gasteiger partial charge in [0.25, 0.3) is 0 Å². The van der Waals surface area contributed by atoms with Gasteiger partial charge in [-0.1, -0.05) is 48.0 Å².